The van der Waals surface area contributed by atoms with Gasteiger partial charge in [-0.25, -0.2) is 4.98 Å². The number of hydrogen-bond acceptors (Lipinski definition) is 2. The van der Waals surface area contributed by atoms with E-state index in [1.165, 1.54) is 0 Å². The lowest BCUT2D eigenvalue weighted by Gasteiger charge is -2.32. The normalized spacial score (nSPS) is 16.0. The van der Waals surface area contributed by atoms with Crippen LogP contribution in [0.3, 0.4) is 0 Å². The Morgan fingerprint density at radius 1 is 1.32 bits per heavy atom. The molecule has 116 valence electrons. The molecule has 22 heavy (non-hydrogen) atoms. The van der Waals surface area contributed by atoms with Crippen LogP contribution in [0, 0.1) is 16.4 Å². The molecule has 0 N–H and O–H groups in total. The van der Waals surface area contributed by atoms with E-state index in [0.717, 1.165) is 47.4 Å². The van der Waals surface area contributed by atoms with E-state index in [-0.39, 0.29) is 5.91 Å². The van der Waals surface area contributed by atoms with Gasteiger partial charge in [0.25, 0.3) is 5.91 Å². The molecule has 1 saturated heterocycles. The Morgan fingerprint density at radius 3 is 2.68 bits per heavy atom. The molecule has 0 bridgehead atoms. The van der Waals surface area contributed by atoms with Crippen molar-refractivity contribution in [2.24, 2.45) is 5.92 Å². The van der Waals surface area contributed by atoms with Gasteiger partial charge in [0.05, 0.1) is 5.56 Å². The van der Waals surface area contributed by atoms with Gasteiger partial charge in [0.1, 0.15) is 5.82 Å². The van der Waals surface area contributed by atoms with E-state index in [0.29, 0.717) is 5.92 Å². The fourth-order valence-corrected chi connectivity index (χ4v) is 3.62. The van der Waals surface area contributed by atoms with Crippen molar-refractivity contribution < 1.29 is 4.79 Å². The van der Waals surface area contributed by atoms with Crippen LogP contribution in [0.1, 0.15) is 29.0 Å². The maximum absolute atomic E-state index is 12.6. The zero-order valence-electron chi connectivity index (χ0n) is 12.7. The first-order valence-electron chi connectivity index (χ1n) is 7.66. The standard InChI is InChI=1S/C17H20IN3O/c1-13-19-8-11-21(13)12-14-6-9-20(10-7-14)17(22)15-4-2-3-5-16(15)18/h2-5,8,11,14H,6-7,9-10,12H2,1H3. The fraction of sp³-hybridized carbons (Fsp3) is 0.412. The van der Waals surface area contributed by atoms with Gasteiger partial charge in [0.15, 0.2) is 0 Å². The van der Waals surface area contributed by atoms with Gasteiger partial charge in [-0.1, -0.05) is 12.1 Å². The predicted octanol–water partition coefficient (Wildman–Crippen LogP) is 3.35. The number of piperidine rings is 1. The molecule has 3 rings (SSSR count). The summed E-state index contributed by atoms with van der Waals surface area (Å²) in [6.45, 7) is 4.75. The third kappa shape index (κ3) is 3.34. The molecule has 1 aliphatic heterocycles. The molecule has 0 radical (unpaired) electrons. The van der Waals surface area contributed by atoms with Crippen molar-refractivity contribution in [1.29, 1.82) is 0 Å². The lowest BCUT2D eigenvalue weighted by atomic mass is 9.96. The second-order valence-corrected chi connectivity index (χ2v) is 7.00. The Morgan fingerprint density at radius 2 is 2.05 bits per heavy atom. The largest absolute Gasteiger partial charge is 0.339 e. The van der Waals surface area contributed by atoms with Gasteiger partial charge in [0, 0.05) is 35.6 Å². The molecule has 0 aliphatic carbocycles. The molecule has 0 atom stereocenters. The number of benzene rings is 1. The van der Waals surface area contributed by atoms with Crippen molar-refractivity contribution in [2.75, 3.05) is 13.1 Å². The number of carbonyl (C=O) groups excluding carboxylic acids is 1. The number of aromatic nitrogens is 2. The summed E-state index contributed by atoms with van der Waals surface area (Å²) in [5, 5.41) is 0. The number of amides is 1. The third-order valence-electron chi connectivity index (χ3n) is 4.38. The summed E-state index contributed by atoms with van der Waals surface area (Å²) in [5.74, 6) is 1.87. The second-order valence-electron chi connectivity index (χ2n) is 5.84. The monoisotopic (exact) mass is 409 g/mol. The van der Waals surface area contributed by atoms with Crippen molar-refractivity contribution in [1.82, 2.24) is 14.5 Å². The SMILES string of the molecule is Cc1nccn1CC1CCN(C(=O)c2ccccc2I)CC1. The fourth-order valence-electron chi connectivity index (χ4n) is 3.00. The number of halogens is 1. The second kappa shape index (κ2) is 6.81. The molecule has 5 heteroatoms. The Bertz CT molecular complexity index is 659. The van der Waals surface area contributed by atoms with Crippen molar-refractivity contribution in [2.45, 2.75) is 26.3 Å². The number of nitrogens with zero attached hydrogens (tertiary/aromatic N) is 3. The lowest BCUT2D eigenvalue weighted by molar-refractivity contribution is 0.0681. The Balaban J connectivity index is 1.59. The summed E-state index contributed by atoms with van der Waals surface area (Å²) in [5.41, 5.74) is 0.826. The summed E-state index contributed by atoms with van der Waals surface area (Å²) < 4.78 is 3.24. The first-order valence-corrected chi connectivity index (χ1v) is 8.74. The van der Waals surface area contributed by atoms with Crippen molar-refractivity contribution in [3.05, 3.63) is 51.6 Å². The topological polar surface area (TPSA) is 38.1 Å². The minimum Gasteiger partial charge on any atom is -0.339 e. The summed E-state index contributed by atoms with van der Waals surface area (Å²) in [6.07, 6.45) is 6.02. The maximum atomic E-state index is 12.6. The average molecular weight is 409 g/mol. The lowest BCUT2D eigenvalue weighted by Crippen LogP contribution is -2.39. The van der Waals surface area contributed by atoms with Crippen LogP contribution in [0.2, 0.25) is 0 Å². The van der Waals surface area contributed by atoms with Gasteiger partial charge >= 0.3 is 0 Å². The number of likely N-dealkylation sites (tertiary alicyclic amines) is 1. The number of hydrogen-bond donors (Lipinski definition) is 0. The molecule has 1 amide bonds. The third-order valence-corrected chi connectivity index (χ3v) is 5.33. The minimum absolute atomic E-state index is 0.169. The van der Waals surface area contributed by atoms with E-state index in [4.69, 9.17) is 0 Å². The highest BCUT2D eigenvalue weighted by atomic mass is 127. The highest BCUT2D eigenvalue weighted by Crippen LogP contribution is 2.22. The zero-order chi connectivity index (χ0) is 15.5. The summed E-state index contributed by atoms with van der Waals surface area (Å²) in [6, 6.07) is 7.82. The van der Waals surface area contributed by atoms with E-state index in [2.05, 4.69) is 32.1 Å². The summed E-state index contributed by atoms with van der Waals surface area (Å²) in [7, 11) is 0. The van der Waals surface area contributed by atoms with Crippen molar-refractivity contribution >= 4 is 28.5 Å². The molecule has 4 nitrogen and oxygen atoms in total. The van der Waals surface area contributed by atoms with Crippen LogP contribution in [0.25, 0.3) is 0 Å². The summed E-state index contributed by atoms with van der Waals surface area (Å²) >= 11 is 2.24. The van der Waals surface area contributed by atoms with E-state index < -0.39 is 0 Å². The molecule has 0 spiro atoms. The van der Waals surface area contributed by atoms with Crippen LogP contribution in [-0.2, 0) is 6.54 Å². The van der Waals surface area contributed by atoms with Crippen LogP contribution in [-0.4, -0.2) is 33.4 Å². The van der Waals surface area contributed by atoms with Gasteiger partial charge < -0.3 is 9.47 Å². The number of rotatable bonds is 3. The summed E-state index contributed by atoms with van der Waals surface area (Å²) in [4.78, 5) is 18.9. The van der Waals surface area contributed by atoms with Crippen LogP contribution in [0.4, 0.5) is 0 Å². The Kier molecular flexibility index (Phi) is 4.81. The first-order chi connectivity index (χ1) is 10.6. The molecule has 2 heterocycles. The van der Waals surface area contributed by atoms with E-state index in [1.54, 1.807) is 0 Å². The molecule has 1 aliphatic rings. The number of imidazole rings is 1. The molecular formula is C17H20IN3O. The van der Waals surface area contributed by atoms with Gasteiger partial charge in [0.2, 0.25) is 0 Å². The number of carbonyl (C=O) groups is 1. The first kappa shape index (κ1) is 15.5. The zero-order valence-corrected chi connectivity index (χ0v) is 14.9. The Labute approximate surface area is 144 Å². The van der Waals surface area contributed by atoms with E-state index >= 15 is 0 Å². The molecule has 2 aromatic rings. The van der Waals surface area contributed by atoms with E-state index in [1.807, 2.05) is 48.5 Å². The molecule has 1 fully saturated rings. The smallest absolute Gasteiger partial charge is 0.254 e. The van der Waals surface area contributed by atoms with Gasteiger partial charge in [-0.2, -0.15) is 0 Å². The Hall–Kier alpha value is -1.37. The van der Waals surface area contributed by atoms with E-state index in [9.17, 15) is 4.79 Å². The average Bonchev–Trinajstić information content (AvgIpc) is 2.93. The van der Waals surface area contributed by atoms with Gasteiger partial charge in [-0.3, -0.25) is 4.79 Å². The van der Waals surface area contributed by atoms with Crippen LogP contribution in [0.15, 0.2) is 36.7 Å². The van der Waals surface area contributed by atoms with Crippen molar-refractivity contribution in [3.8, 4) is 0 Å². The van der Waals surface area contributed by atoms with Crippen LogP contribution in [0.5, 0.6) is 0 Å². The molecular weight excluding hydrogens is 389 g/mol. The van der Waals surface area contributed by atoms with Gasteiger partial charge in [-0.05, 0) is 60.4 Å². The van der Waals surface area contributed by atoms with Crippen LogP contribution < -0.4 is 0 Å². The maximum Gasteiger partial charge on any atom is 0.254 e. The highest BCUT2D eigenvalue weighted by Gasteiger charge is 2.24. The molecule has 0 unspecified atom stereocenters. The van der Waals surface area contributed by atoms with Crippen molar-refractivity contribution in [3.63, 3.8) is 0 Å². The molecule has 1 aromatic heterocycles. The number of aryl methyl sites for hydroxylation is 1. The molecule has 1 aromatic carbocycles. The minimum atomic E-state index is 0.169. The predicted molar refractivity (Wildman–Crippen MR) is 94.8 cm³/mol. The quantitative estimate of drug-likeness (QED) is 0.730. The molecule has 0 saturated carbocycles. The van der Waals surface area contributed by atoms with Gasteiger partial charge in [-0.15, -0.1) is 0 Å². The highest BCUT2D eigenvalue weighted by molar-refractivity contribution is 14.1. The van der Waals surface area contributed by atoms with Crippen LogP contribution >= 0.6 is 22.6 Å².